The Morgan fingerprint density at radius 1 is 1.21 bits per heavy atom. The Morgan fingerprint density at radius 2 is 2.00 bits per heavy atom. The van der Waals surface area contributed by atoms with Gasteiger partial charge in [0.25, 0.3) is 0 Å². The number of nitrogen functional groups attached to an aromatic ring is 1. The molecule has 0 aliphatic rings. The van der Waals surface area contributed by atoms with Crippen LogP contribution < -0.4 is 10.5 Å². The van der Waals surface area contributed by atoms with Crippen LogP contribution in [0.4, 0.5) is 5.82 Å². The molecule has 1 aromatic carbocycles. The summed E-state index contributed by atoms with van der Waals surface area (Å²) in [6, 6.07) is 9.96. The summed E-state index contributed by atoms with van der Waals surface area (Å²) in [5.41, 5.74) is 8.86. The van der Waals surface area contributed by atoms with Gasteiger partial charge in [-0.15, -0.1) is 0 Å². The van der Waals surface area contributed by atoms with Crippen LogP contribution in [0.2, 0.25) is 0 Å². The van der Waals surface area contributed by atoms with Crippen molar-refractivity contribution >= 4 is 16.9 Å². The van der Waals surface area contributed by atoms with E-state index in [1.54, 1.807) is 13.3 Å². The van der Waals surface area contributed by atoms with Gasteiger partial charge in [0.2, 0.25) is 0 Å². The van der Waals surface area contributed by atoms with Gasteiger partial charge in [0, 0.05) is 6.20 Å². The van der Waals surface area contributed by atoms with E-state index in [2.05, 4.69) is 15.2 Å². The number of nitrogens with zero attached hydrogens (tertiary/aromatic N) is 2. The highest BCUT2D eigenvalue weighted by Crippen LogP contribution is 2.23. The first-order valence-corrected chi connectivity index (χ1v) is 5.98. The summed E-state index contributed by atoms with van der Waals surface area (Å²) in [4.78, 5) is 4.19. The second kappa shape index (κ2) is 4.61. The number of hydrogen-bond donors (Lipinski definition) is 2. The fraction of sp³-hybridized carbons (Fsp3) is 0.143. The van der Waals surface area contributed by atoms with E-state index >= 15 is 0 Å². The SMILES string of the molecule is COc1ccc(Cc2ccnc3n[nH]c(N)c23)cc1. The number of pyridine rings is 1. The van der Waals surface area contributed by atoms with Crippen LogP contribution in [-0.2, 0) is 6.42 Å². The fourth-order valence-corrected chi connectivity index (χ4v) is 2.15. The number of benzene rings is 1. The van der Waals surface area contributed by atoms with Crippen molar-refractivity contribution in [3.05, 3.63) is 47.7 Å². The molecule has 2 aromatic heterocycles. The number of nitrogens with one attached hydrogen (secondary N) is 1. The number of hydrogen-bond acceptors (Lipinski definition) is 4. The molecule has 0 atom stereocenters. The first-order valence-electron chi connectivity index (χ1n) is 5.98. The maximum absolute atomic E-state index is 5.90. The lowest BCUT2D eigenvalue weighted by atomic mass is 10.0. The lowest BCUT2D eigenvalue weighted by Crippen LogP contribution is -1.93. The fourth-order valence-electron chi connectivity index (χ4n) is 2.15. The third kappa shape index (κ3) is 2.10. The van der Waals surface area contributed by atoms with Gasteiger partial charge in [0.1, 0.15) is 11.6 Å². The van der Waals surface area contributed by atoms with Gasteiger partial charge in [-0.25, -0.2) is 4.98 Å². The number of aromatic nitrogens is 3. The highest BCUT2D eigenvalue weighted by atomic mass is 16.5. The molecular formula is C14H14N4O. The Morgan fingerprint density at radius 3 is 2.74 bits per heavy atom. The van der Waals surface area contributed by atoms with Crippen molar-refractivity contribution in [2.75, 3.05) is 12.8 Å². The molecule has 0 amide bonds. The van der Waals surface area contributed by atoms with E-state index in [9.17, 15) is 0 Å². The lowest BCUT2D eigenvalue weighted by molar-refractivity contribution is 0.414. The minimum absolute atomic E-state index is 0.562. The summed E-state index contributed by atoms with van der Waals surface area (Å²) in [6.07, 6.45) is 2.54. The van der Waals surface area contributed by atoms with Gasteiger partial charge in [-0.2, -0.15) is 5.10 Å². The van der Waals surface area contributed by atoms with Gasteiger partial charge in [-0.3, -0.25) is 5.10 Å². The van der Waals surface area contributed by atoms with E-state index in [0.717, 1.165) is 23.1 Å². The van der Waals surface area contributed by atoms with Crippen LogP contribution in [0, 0.1) is 0 Å². The van der Waals surface area contributed by atoms with E-state index in [4.69, 9.17) is 10.5 Å². The van der Waals surface area contributed by atoms with Crippen molar-refractivity contribution in [3.63, 3.8) is 0 Å². The second-order valence-electron chi connectivity index (χ2n) is 4.33. The third-order valence-corrected chi connectivity index (χ3v) is 3.12. The molecule has 3 aromatic rings. The Balaban J connectivity index is 1.98. The predicted octanol–water partition coefficient (Wildman–Crippen LogP) is 2.14. The highest BCUT2D eigenvalue weighted by molar-refractivity contribution is 5.89. The van der Waals surface area contributed by atoms with Gasteiger partial charge < -0.3 is 10.5 Å². The minimum atomic E-state index is 0.562. The molecule has 2 heterocycles. The molecule has 0 radical (unpaired) electrons. The molecule has 0 bridgehead atoms. The Bertz CT molecular complexity index is 703. The molecule has 0 saturated carbocycles. The van der Waals surface area contributed by atoms with Crippen molar-refractivity contribution in [2.24, 2.45) is 0 Å². The van der Waals surface area contributed by atoms with E-state index in [1.807, 2.05) is 30.3 Å². The van der Waals surface area contributed by atoms with Crippen LogP contribution in [0.15, 0.2) is 36.5 Å². The number of fused-ring (bicyclic) bond motifs is 1. The molecule has 3 rings (SSSR count). The predicted molar refractivity (Wildman–Crippen MR) is 74.1 cm³/mol. The van der Waals surface area contributed by atoms with Crippen molar-refractivity contribution in [1.29, 1.82) is 0 Å². The largest absolute Gasteiger partial charge is 0.497 e. The standard InChI is InChI=1S/C14H14N4O/c1-19-11-4-2-9(3-5-11)8-10-6-7-16-14-12(10)13(15)17-18-14/h2-7H,8H2,1H3,(H3,15,16,17,18). The van der Waals surface area contributed by atoms with E-state index in [0.29, 0.717) is 11.5 Å². The van der Waals surface area contributed by atoms with Crippen LogP contribution in [0.25, 0.3) is 11.0 Å². The van der Waals surface area contributed by atoms with Gasteiger partial charge in [0.05, 0.1) is 12.5 Å². The van der Waals surface area contributed by atoms with Crippen LogP contribution in [-0.4, -0.2) is 22.3 Å². The van der Waals surface area contributed by atoms with Crippen molar-refractivity contribution < 1.29 is 4.74 Å². The van der Waals surface area contributed by atoms with Gasteiger partial charge >= 0.3 is 0 Å². The van der Waals surface area contributed by atoms with Crippen molar-refractivity contribution in [3.8, 4) is 5.75 Å². The van der Waals surface area contributed by atoms with E-state index in [1.165, 1.54) is 5.56 Å². The van der Waals surface area contributed by atoms with Crippen LogP contribution >= 0.6 is 0 Å². The van der Waals surface area contributed by atoms with Crippen LogP contribution in [0.3, 0.4) is 0 Å². The molecule has 0 fully saturated rings. The van der Waals surface area contributed by atoms with Crippen molar-refractivity contribution in [1.82, 2.24) is 15.2 Å². The zero-order chi connectivity index (χ0) is 13.2. The minimum Gasteiger partial charge on any atom is -0.497 e. The zero-order valence-electron chi connectivity index (χ0n) is 10.6. The molecule has 0 saturated heterocycles. The summed E-state index contributed by atoms with van der Waals surface area (Å²) in [5.74, 6) is 1.41. The Hall–Kier alpha value is -2.56. The number of aromatic amines is 1. The van der Waals surface area contributed by atoms with Gasteiger partial charge in [-0.05, 0) is 35.7 Å². The number of ether oxygens (including phenoxy) is 1. The molecular weight excluding hydrogens is 240 g/mol. The molecule has 0 aliphatic carbocycles. The third-order valence-electron chi connectivity index (χ3n) is 3.12. The summed E-state index contributed by atoms with van der Waals surface area (Å²) in [5, 5.41) is 7.73. The average molecular weight is 254 g/mol. The molecule has 96 valence electrons. The molecule has 0 spiro atoms. The Labute approximate surface area is 110 Å². The zero-order valence-corrected chi connectivity index (χ0v) is 10.6. The van der Waals surface area contributed by atoms with E-state index in [-0.39, 0.29) is 0 Å². The normalized spacial score (nSPS) is 10.8. The Kier molecular flexibility index (Phi) is 2.79. The lowest BCUT2D eigenvalue weighted by Gasteiger charge is -2.05. The molecule has 0 aliphatic heterocycles. The first-order chi connectivity index (χ1) is 9.28. The molecule has 5 nitrogen and oxygen atoms in total. The summed E-state index contributed by atoms with van der Waals surface area (Å²) in [7, 11) is 1.66. The maximum atomic E-state index is 5.90. The maximum Gasteiger partial charge on any atom is 0.183 e. The average Bonchev–Trinajstić information content (AvgIpc) is 2.83. The number of nitrogens with two attached hydrogens (primary N) is 1. The second-order valence-corrected chi connectivity index (χ2v) is 4.33. The smallest absolute Gasteiger partial charge is 0.183 e. The van der Waals surface area contributed by atoms with Crippen molar-refractivity contribution in [2.45, 2.75) is 6.42 Å². The number of anilines is 1. The van der Waals surface area contributed by atoms with E-state index < -0.39 is 0 Å². The van der Waals surface area contributed by atoms with Crippen LogP contribution in [0.1, 0.15) is 11.1 Å². The monoisotopic (exact) mass is 254 g/mol. The quantitative estimate of drug-likeness (QED) is 0.750. The summed E-state index contributed by atoms with van der Waals surface area (Å²) in [6.45, 7) is 0. The molecule has 19 heavy (non-hydrogen) atoms. The van der Waals surface area contributed by atoms with Gasteiger partial charge in [0.15, 0.2) is 5.65 Å². The number of rotatable bonds is 3. The summed E-state index contributed by atoms with van der Waals surface area (Å²) < 4.78 is 5.15. The molecule has 5 heteroatoms. The highest BCUT2D eigenvalue weighted by Gasteiger charge is 2.09. The molecule has 0 unspecified atom stereocenters. The number of methoxy groups -OCH3 is 1. The molecule has 3 N–H and O–H groups in total. The van der Waals surface area contributed by atoms with Gasteiger partial charge in [-0.1, -0.05) is 12.1 Å². The topological polar surface area (TPSA) is 76.8 Å². The first kappa shape index (κ1) is 11.5. The summed E-state index contributed by atoms with van der Waals surface area (Å²) >= 11 is 0. The number of H-pyrrole nitrogens is 1. The van der Waals surface area contributed by atoms with Crippen LogP contribution in [0.5, 0.6) is 5.75 Å².